The van der Waals surface area contributed by atoms with Gasteiger partial charge in [-0.3, -0.25) is 19.4 Å². The summed E-state index contributed by atoms with van der Waals surface area (Å²) < 4.78 is 14.6. The first kappa shape index (κ1) is 17.1. The molecule has 2 aliphatic rings. The van der Waals surface area contributed by atoms with Crippen molar-refractivity contribution >= 4 is 33.8 Å². The molecule has 4 amide bonds. The lowest BCUT2D eigenvalue weighted by Crippen LogP contribution is -2.46. The van der Waals surface area contributed by atoms with Crippen LogP contribution in [0, 0.1) is 11.7 Å². The van der Waals surface area contributed by atoms with E-state index in [4.69, 9.17) is 0 Å². The van der Waals surface area contributed by atoms with Gasteiger partial charge in [0.25, 0.3) is 0 Å². The van der Waals surface area contributed by atoms with E-state index in [0.29, 0.717) is 10.9 Å². The smallest absolute Gasteiger partial charge is 0.263 e. The number of amides is 4. The van der Waals surface area contributed by atoms with E-state index in [-0.39, 0.29) is 24.1 Å². The first-order valence-electron chi connectivity index (χ1n) is 8.03. The van der Waals surface area contributed by atoms with Crippen molar-refractivity contribution in [3.05, 3.63) is 34.1 Å². The van der Waals surface area contributed by atoms with Gasteiger partial charge in [-0.2, -0.15) is 0 Å². The maximum Gasteiger partial charge on any atom is 0.334 e. The zero-order valence-electron chi connectivity index (χ0n) is 13.3. The van der Waals surface area contributed by atoms with Gasteiger partial charge in [0.15, 0.2) is 0 Å². The average Bonchev–Trinajstić information content (AvgIpc) is 2.74. The van der Waals surface area contributed by atoms with Gasteiger partial charge in [-0.05, 0) is 30.9 Å². The quantitative estimate of drug-likeness (QED) is 0.580. The van der Waals surface area contributed by atoms with E-state index < -0.39 is 23.7 Å². The predicted molar refractivity (Wildman–Crippen MR) is 88.3 cm³/mol. The number of rotatable bonds is 3. The van der Waals surface area contributed by atoms with Gasteiger partial charge in [0.2, 0.25) is 0 Å². The minimum absolute atomic E-state index is 0.170. The number of imide groups is 2. The maximum atomic E-state index is 14.0. The van der Waals surface area contributed by atoms with Crippen molar-refractivity contribution in [1.82, 2.24) is 9.80 Å². The number of urea groups is 1. The largest absolute Gasteiger partial charge is 0.334 e. The average molecular weight is 397 g/mol. The molecule has 0 unspecified atom stereocenters. The van der Waals surface area contributed by atoms with Crippen LogP contribution in [0.4, 0.5) is 9.18 Å². The van der Waals surface area contributed by atoms with E-state index in [2.05, 4.69) is 15.9 Å². The molecular formula is C17H18BrFN2O3. The number of hydrogen-bond acceptors (Lipinski definition) is 3. The normalized spacial score (nSPS) is 24.9. The van der Waals surface area contributed by atoms with Crippen LogP contribution < -0.4 is 0 Å². The lowest BCUT2D eigenvalue weighted by Gasteiger charge is -2.34. The van der Waals surface area contributed by atoms with E-state index in [1.165, 1.54) is 12.1 Å². The SMILES string of the molecule is C[C@H]1CCCC[C@H]1N1C(=O)C(=O)N(Cc2ccc(Br)cc2F)C1=O. The van der Waals surface area contributed by atoms with E-state index in [0.717, 1.165) is 29.1 Å². The fourth-order valence-electron chi connectivity index (χ4n) is 3.45. The Hall–Kier alpha value is -1.76. The van der Waals surface area contributed by atoms with Crippen molar-refractivity contribution in [1.29, 1.82) is 0 Å². The van der Waals surface area contributed by atoms with Gasteiger partial charge >= 0.3 is 17.8 Å². The molecule has 1 saturated heterocycles. The molecule has 2 atom stereocenters. The maximum absolute atomic E-state index is 14.0. The Morgan fingerprint density at radius 1 is 1.17 bits per heavy atom. The van der Waals surface area contributed by atoms with Crippen LogP contribution in [-0.4, -0.2) is 33.7 Å². The molecule has 128 valence electrons. The second-order valence-electron chi connectivity index (χ2n) is 6.41. The molecule has 24 heavy (non-hydrogen) atoms. The number of carbonyl (C=O) groups is 3. The molecular weight excluding hydrogens is 379 g/mol. The molecule has 0 radical (unpaired) electrons. The molecule has 1 aromatic rings. The standard InChI is InChI=1S/C17H18BrFN2O3/c1-10-4-2-3-5-14(10)21-16(23)15(22)20(17(21)24)9-11-6-7-12(18)8-13(11)19/h6-8,10,14H,2-5,9H2,1H3/t10-,14+/m0/s1. The molecule has 1 aromatic carbocycles. The third kappa shape index (κ3) is 2.97. The highest BCUT2D eigenvalue weighted by Gasteiger charge is 2.49. The Bertz CT molecular complexity index is 709. The monoisotopic (exact) mass is 396 g/mol. The zero-order chi connectivity index (χ0) is 17.4. The van der Waals surface area contributed by atoms with Crippen molar-refractivity contribution in [3.8, 4) is 0 Å². The van der Waals surface area contributed by atoms with Crippen LogP contribution in [0.5, 0.6) is 0 Å². The zero-order valence-corrected chi connectivity index (χ0v) is 14.9. The fraction of sp³-hybridized carbons (Fsp3) is 0.471. The van der Waals surface area contributed by atoms with Crippen molar-refractivity contribution in [3.63, 3.8) is 0 Å². The van der Waals surface area contributed by atoms with Gasteiger partial charge in [0, 0.05) is 16.1 Å². The lowest BCUT2D eigenvalue weighted by molar-refractivity contribution is -0.144. The van der Waals surface area contributed by atoms with Crippen LogP contribution in [0.2, 0.25) is 0 Å². The minimum Gasteiger partial charge on any atom is -0.263 e. The number of carbonyl (C=O) groups excluding carboxylic acids is 3. The highest BCUT2D eigenvalue weighted by atomic mass is 79.9. The summed E-state index contributed by atoms with van der Waals surface area (Å²) in [7, 11) is 0. The van der Waals surface area contributed by atoms with Crippen LogP contribution in [-0.2, 0) is 16.1 Å². The molecule has 3 rings (SSSR count). The number of nitrogens with zero attached hydrogens (tertiary/aromatic N) is 2. The van der Waals surface area contributed by atoms with Crippen molar-refractivity contribution in [2.45, 2.75) is 45.2 Å². The van der Waals surface area contributed by atoms with Crippen LogP contribution >= 0.6 is 15.9 Å². The predicted octanol–water partition coefficient (Wildman–Crippen LogP) is 3.46. The molecule has 2 fully saturated rings. The Morgan fingerprint density at radius 2 is 1.88 bits per heavy atom. The Balaban J connectivity index is 1.83. The van der Waals surface area contributed by atoms with Crippen LogP contribution in [0.1, 0.15) is 38.2 Å². The lowest BCUT2D eigenvalue weighted by atomic mass is 9.85. The summed E-state index contributed by atoms with van der Waals surface area (Å²) in [6, 6.07) is 3.51. The van der Waals surface area contributed by atoms with E-state index in [1.807, 2.05) is 6.92 Å². The molecule has 0 spiro atoms. The van der Waals surface area contributed by atoms with Crippen LogP contribution in [0.3, 0.4) is 0 Å². The van der Waals surface area contributed by atoms with E-state index in [9.17, 15) is 18.8 Å². The fourth-order valence-corrected chi connectivity index (χ4v) is 3.79. The first-order valence-corrected chi connectivity index (χ1v) is 8.82. The van der Waals surface area contributed by atoms with Gasteiger partial charge in [-0.15, -0.1) is 0 Å². The highest BCUT2D eigenvalue weighted by Crippen LogP contribution is 2.31. The molecule has 0 bridgehead atoms. The molecule has 1 aliphatic heterocycles. The number of halogens is 2. The molecule has 7 heteroatoms. The Labute approximate surface area is 147 Å². The topological polar surface area (TPSA) is 57.7 Å². The van der Waals surface area contributed by atoms with Gasteiger partial charge in [-0.1, -0.05) is 41.8 Å². The van der Waals surface area contributed by atoms with Gasteiger partial charge in [0.1, 0.15) is 5.82 Å². The third-order valence-corrected chi connectivity index (χ3v) is 5.32. The van der Waals surface area contributed by atoms with E-state index in [1.54, 1.807) is 6.07 Å². The minimum atomic E-state index is -0.875. The first-order chi connectivity index (χ1) is 11.4. The van der Waals surface area contributed by atoms with Crippen LogP contribution in [0.25, 0.3) is 0 Å². The van der Waals surface area contributed by atoms with Crippen molar-refractivity contribution in [2.75, 3.05) is 0 Å². The molecule has 1 heterocycles. The third-order valence-electron chi connectivity index (χ3n) is 4.83. The molecule has 1 aliphatic carbocycles. The number of benzene rings is 1. The van der Waals surface area contributed by atoms with Crippen molar-refractivity contribution < 1.29 is 18.8 Å². The van der Waals surface area contributed by atoms with Gasteiger partial charge < -0.3 is 0 Å². The summed E-state index contributed by atoms with van der Waals surface area (Å²) >= 11 is 3.16. The summed E-state index contributed by atoms with van der Waals surface area (Å²) in [5.74, 6) is -2.03. The van der Waals surface area contributed by atoms with E-state index >= 15 is 0 Å². The summed E-state index contributed by atoms with van der Waals surface area (Å²) in [6.45, 7) is 1.76. The summed E-state index contributed by atoms with van der Waals surface area (Å²) in [5, 5.41) is 0. The molecule has 1 saturated carbocycles. The summed E-state index contributed by atoms with van der Waals surface area (Å²) in [4.78, 5) is 39.1. The van der Waals surface area contributed by atoms with Gasteiger partial charge in [-0.25, -0.2) is 9.18 Å². The Kier molecular flexibility index (Phi) is 4.71. The second kappa shape index (κ2) is 6.63. The Morgan fingerprint density at radius 3 is 2.54 bits per heavy atom. The van der Waals surface area contributed by atoms with Gasteiger partial charge in [0.05, 0.1) is 6.54 Å². The molecule has 5 nitrogen and oxygen atoms in total. The van der Waals surface area contributed by atoms with Crippen LogP contribution in [0.15, 0.2) is 22.7 Å². The molecule has 0 N–H and O–H groups in total. The second-order valence-corrected chi connectivity index (χ2v) is 7.33. The number of hydrogen-bond donors (Lipinski definition) is 0. The summed E-state index contributed by atoms with van der Waals surface area (Å²) in [5.41, 5.74) is 0.200. The summed E-state index contributed by atoms with van der Waals surface area (Å²) in [6.07, 6.45) is 3.64. The van der Waals surface area contributed by atoms with Crippen molar-refractivity contribution in [2.24, 2.45) is 5.92 Å². The molecule has 0 aromatic heterocycles. The highest BCUT2D eigenvalue weighted by molar-refractivity contribution is 9.10.